The first-order chi connectivity index (χ1) is 5.27. The van der Waals surface area contributed by atoms with Crippen molar-refractivity contribution >= 4 is 0 Å². The number of hydrogen-bond donors (Lipinski definition) is 0. The summed E-state index contributed by atoms with van der Waals surface area (Å²) < 4.78 is 5.69. The van der Waals surface area contributed by atoms with E-state index in [0.29, 0.717) is 0 Å². The highest BCUT2D eigenvalue weighted by Gasteiger charge is 2.28. The van der Waals surface area contributed by atoms with Gasteiger partial charge in [-0.05, 0) is 26.2 Å². The van der Waals surface area contributed by atoms with E-state index in [-0.39, 0.29) is 5.60 Å². The lowest BCUT2D eigenvalue weighted by Gasteiger charge is -2.22. The SMILES string of the molecule is CCCCCC1(C)CCCO1. The molecule has 1 nitrogen and oxygen atoms in total. The second-order valence-electron chi connectivity index (χ2n) is 3.86. The highest BCUT2D eigenvalue weighted by Crippen LogP contribution is 2.30. The molecule has 0 saturated carbocycles. The minimum atomic E-state index is 0.245. The van der Waals surface area contributed by atoms with E-state index in [1.165, 1.54) is 38.5 Å². The first-order valence-electron chi connectivity index (χ1n) is 4.91. The van der Waals surface area contributed by atoms with Crippen molar-refractivity contribution in [1.29, 1.82) is 0 Å². The molecular formula is C10H20O. The van der Waals surface area contributed by atoms with Gasteiger partial charge >= 0.3 is 0 Å². The molecule has 0 aromatic carbocycles. The number of ether oxygens (including phenoxy) is 1. The maximum atomic E-state index is 5.69. The number of unbranched alkanes of at least 4 members (excludes halogenated alkanes) is 2. The largest absolute Gasteiger partial charge is 0.375 e. The Bertz CT molecular complexity index is 103. The zero-order chi connectivity index (χ0) is 8.16. The quantitative estimate of drug-likeness (QED) is 0.568. The van der Waals surface area contributed by atoms with Gasteiger partial charge in [-0.25, -0.2) is 0 Å². The van der Waals surface area contributed by atoms with Crippen LogP contribution < -0.4 is 0 Å². The Balaban J connectivity index is 2.13. The minimum absolute atomic E-state index is 0.245. The molecule has 0 radical (unpaired) electrons. The smallest absolute Gasteiger partial charge is 0.0655 e. The molecule has 11 heavy (non-hydrogen) atoms. The highest BCUT2D eigenvalue weighted by atomic mass is 16.5. The van der Waals surface area contributed by atoms with Crippen molar-refractivity contribution in [3.05, 3.63) is 0 Å². The maximum absolute atomic E-state index is 5.69. The van der Waals surface area contributed by atoms with E-state index in [2.05, 4.69) is 13.8 Å². The molecule has 1 aliphatic rings. The Morgan fingerprint density at radius 2 is 2.18 bits per heavy atom. The van der Waals surface area contributed by atoms with Crippen LogP contribution in [0.4, 0.5) is 0 Å². The van der Waals surface area contributed by atoms with Crippen LogP contribution in [0.15, 0.2) is 0 Å². The zero-order valence-corrected chi connectivity index (χ0v) is 7.86. The summed E-state index contributed by atoms with van der Waals surface area (Å²) in [6.45, 7) is 5.50. The van der Waals surface area contributed by atoms with E-state index in [9.17, 15) is 0 Å². The Hall–Kier alpha value is -0.0400. The van der Waals surface area contributed by atoms with Gasteiger partial charge in [0.1, 0.15) is 0 Å². The van der Waals surface area contributed by atoms with Crippen LogP contribution >= 0.6 is 0 Å². The van der Waals surface area contributed by atoms with Crippen LogP contribution in [0.25, 0.3) is 0 Å². The van der Waals surface area contributed by atoms with E-state index in [1.807, 2.05) is 0 Å². The Kier molecular flexibility index (Phi) is 3.38. The van der Waals surface area contributed by atoms with E-state index >= 15 is 0 Å². The number of hydrogen-bond acceptors (Lipinski definition) is 1. The monoisotopic (exact) mass is 156 g/mol. The molecule has 0 aromatic heterocycles. The molecule has 0 amide bonds. The second kappa shape index (κ2) is 4.10. The van der Waals surface area contributed by atoms with Crippen molar-refractivity contribution in [3.63, 3.8) is 0 Å². The average molecular weight is 156 g/mol. The standard InChI is InChI=1S/C10H20O/c1-3-4-5-7-10(2)8-6-9-11-10/h3-9H2,1-2H3. The summed E-state index contributed by atoms with van der Waals surface area (Å²) in [6.07, 6.45) is 7.82. The molecule has 66 valence electrons. The van der Waals surface area contributed by atoms with Gasteiger partial charge in [0, 0.05) is 6.61 Å². The molecule has 1 rings (SSSR count). The summed E-state index contributed by atoms with van der Waals surface area (Å²) in [4.78, 5) is 0. The van der Waals surface area contributed by atoms with Crippen molar-refractivity contribution in [2.24, 2.45) is 0 Å². The summed E-state index contributed by atoms with van der Waals surface area (Å²) in [5.41, 5.74) is 0.245. The fourth-order valence-corrected chi connectivity index (χ4v) is 1.78. The molecular weight excluding hydrogens is 136 g/mol. The molecule has 1 heteroatoms. The van der Waals surface area contributed by atoms with Crippen molar-refractivity contribution in [1.82, 2.24) is 0 Å². The van der Waals surface area contributed by atoms with Gasteiger partial charge in [0.2, 0.25) is 0 Å². The minimum Gasteiger partial charge on any atom is -0.375 e. The summed E-state index contributed by atoms with van der Waals surface area (Å²) in [7, 11) is 0. The van der Waals surface area contributed by atoms with Gasteiger partial charge in [-0.3, -0.25) is 0 Å². The van der Waals surface area contributed by atoms with Gasteiger partial charge in [-0.2, -0.15) is 0 Å². The van der Waals surface area contributed by atoms with Crippen molar-refractivity contribution in [3.8, 4) is 0 Å². The molecule has 0 spiro atoms. The first kappa shape index (κ1) is 9.05. The van der Waals surface area contributed by atoms with Gasteiger partial charge in [0.15, 0.2) is 0 Å². The van der Waals surface area contributed by atoms with Crippen LogP contribution in [0.1, 0.15) is 52.4 Å². The summed E-state index contributed by atoms with van der Waals surface area (Å²) in [6, 6.07) is 0. The van der Waals surface area contributed by atoms with Gasteiger partial charge in [-0.15, -0.1) is 0 Å². The van der Waals surface area contributed by atoms with Gasteiger partial charge in [0.25, 0.3) is 0 Å². The van der Waals surface area contributed by atoms with Crippen LogP contribution in [0.5, 0.6) is 0 Å². The van der Waals surface area contributed by atoms with Crippen LogP contribution in [-0.2, 0) is 4.74 Å². The van der Waals surface area contributed by atoms with Crippen molar-refractivity contribution in [2.45, 2.75) is 58.0 Å². The maximum Gasteiger partial charge on any atom is 0.0655 e. The Morgan fingerprint density at radius 3 is 2.73 bits per heavy atom. The van der Waals surface area contributed by atoms with Crippen molar-refractivity contribution in [2.75, 3.05) is 6.61 Å². The molecule has 0 aliphatic carbocycles. The fraction of sp³-hybridized carbons (Fsp3) is 1.00. The Morgan fingerprint density at radius 1 is 1.36 bits per heavy atom. The van der Waals surface area contributed by atoms with Crippen LogP contribution in [0.3, 0.4) is 0 Å². The first-order valence-corrected chi connectivity index (χ1v) is 4.91. The molecule has 0 bridgehead atoms. The molecule has 1 unspecified atom stereocenters. The highest BCUT2D eigenvalue weighted by molar-refractivity contribution is 4.79. The fourth-order valence-electron chi connectivity index (χ4n) is 1.78. The molecule has 0 aromatic rings. The van der Waals surface area contributed by atoms with E-state index < -0.39 is 0 Å². The summed E-state index contributed by atoms with van der Waals surface area (Å²) in [5.74, 6) is 0. The molecule has 1 aliphatic heterocycles. The van der Waals surface area contributed by atoms with E-state index in [1.54, 1.807) is 0 Å². The van der Waals surface area contributed by atoms with Gasteiger partial charge < -0.3 is 4.74 Å². The van der Waals surface area contributed by atoms with Crippen LogP contribution in [-0.4, -0.2) is 12.2 Å². The summed E-state index contributed by atoms with van der Waals surface area (Å²) >= 11 is 0. The normalized spacial score (nSPS) is 31.1. The predicted molar refractivity (Wildman–Crippen MR) is 47.7 cm³/mol. The zero-order valence-electron chi connectivity index (χ0n) is 7.86. The molecule has 1 saturated heterocycles. The molecule has 1 fully saturated rings. The lowest BCUT2D eigenvalue weighted by Crippen LogP contribution is -2.22. The van der Waals surface area contributed by atoms with Crippen molar-refractivity contribution < 1.29 is 4.74 Å². The predicted octanol–water partition coefficient (Wildman–Crippen LogP) is 3.14. The Labute approximate surface area is 70.1 Å². The number of rotatable bonds is 4. The second-order valence-corrected chi connectivity index (χ2v) is 3.86. The third kappa shape index (κ3) is 2.82. The summed E-state index contributed by atoms with van der Waals surface area (Å²) in [5, 5.41) is 0. The average Bonchev–Trinajstić information content (AvgIpc) is 2.38. The van der Waals surface area contributed by atoms with Crippen LogP contribution in [0.2, 0.25) is 0 Å². The van der Waals surface area contributed by atoms with Gasteiger partial charge in [0.05, 0.1) is 5.60 Å². The molecule has 1 atom stereocenters. The third-order valence-corrected chi connectivity index (χ3v) is 2.61. The topological polar surface area (TPSA) is 9.23 Å². The third-order valence-electron chi connectivity index (χ3n) is 2.61. The molecule has 0 N–H and O–H groups in total. The van der Waals surface area contributed by atoms with E-state index in [0.717, 1.165) is 6.61 Å². The molecule has 1 heterocycles. The van der Waals surface area contributed by atoms with Gasteiger partial charge in [-0.1, -0.05) is 26.2 Å². The van der Waals surface area contributed by atoms with Crippen LogP contribution in [0, 0.1) is 0 Å². The lowest BCUT2D eigenvalue weighted by atomic mass is 9.95. The lowest BCUT2D eigenvalue weighted by molar-refractivity contribution is 0.0114. The van der Waals surface area contributed by atoms with E-state index in [4.69, 9.17) is 4.74 Å².